The monoisotopic (exact) mass is 316 g/mol. The molecular formula is C13H17BrO2S. The van der Waals surface area contributed by atoms with Crippen molar-refractivity contribution in [1.29, 1.82) is 0 Å². The van der Waals surface area contributed by atoms with Gasteiger partial charge in [-0.1, -0.05) is 19.3 Å². The van der Waals surface area contributed by atoms with E-state index in [1.165, 1.54) is 6.42 Å². The predicted molar refractivity (Wildman–Crippen MR) is 73.6 cm³/mol. The highest BCUT2D eigenvalue weighted by Crippen LogP contribution is 2.34. The molecule has 0 unspecified atom stereocenters. The third-order valence-electron chi connectivity index (χ3n) is 3.57. The molecule has 1 saturated carbocycles. The molecule has 0 radical (unpaired) electrons. The normalized spacial score (nSPS) is 19.2. The van der Waals surface area contributed by atoms with E-state index in [4.69, 9.17) is 4.74 Å². The number of carbonyl (C=O) groups excluding carboxylic acids is 1. The van der Waals surface area contributed by atoms with E-state index in [-0.39, 0.29) is 5.78 Å². The Kier molecular flexibility index (Phi) is 4.39. The number of thiophene rings is 1. The van der Waals surface area contributed by atoms with Gasteiger partial charge in [0.05, 0.1) is 0 Å². The average Bonchev–Trinajstić information content (AvgIpc) is 2.76. The molecule has 1 aromatic heterocycles. The fourth-order valence-corrected chi connectivity index (χ4v) is 3.97. The van der Waals surface area contributed by atoms with E-state index in [0.29, 0.717) is 6.42 Å². The molecule has 0 N–H and O–H groups in total. The lowest BCUT2D eigenvalue weighted by atomic mass is 9.80. The van der Waals surface area contributed by atoms with Gasteiger partial charge in [0.1, 0.15) is 5.60 Å². The van der Waals surface area contributed by atoms with Crippen LogP contribution in [0.5, 0.6) is 0 Å². The second-order valence-corrected chi connectivity index (χ2v) is 6.41. The minimum absolute atomic E-state index is 0.239. The van der Waals surface area contributed by atoms with Crippen LogP contribution in [0.1, 0.15) is 37.0 Å². The minimum atomic E-state index is -0.512. The van der Waals surface area contributed by atoms with Gasteiger partial charge in [0.25, 0.3) is 0 Å². The Morgan fingerprint density at radius 1 is 1.47 bits per heavy atom. The van der Waals surface area contributed by atoms with Crippen LogP contribution in [0.25, 0.3) is 0 Å². The molecule has 0 bridgehead atoms. The van der Waals surface area contributed by atoms with Gasteiger partial charge < -0.3 is 4.74 Å². The van der Waals surface area contributed by atoms with Crippen molar-refractivity contribution in [3.8, 4) is 0 Å². The summed E-state index contributed by atoms with van der Waals surface area (Å²) in [5, 5.41) is 2.01. The molecular weight excluding hydrogens is 300 g/mol. The molecule has 1 fully saturated rings. The number of Topliss-reactive ketones (excluding diaryl/α,β-unsaturated/α-hetero) is 1. The van der Waals surface area contributed by atoms with Gasteiger partial charge in [0.15, 0.2) is 5.78 Å². The summed E-state index contributed by atoms with van der Waals surface area (Å²) < 4.78 is 6.61. The first-order valence-electron chi connectivity index (χ1n) is 5.98. The second kappa shape index (κ2) is 5.63. The molecule has 1 heterocycles. The van der Waals surface area contributed by atoms with Crippen LogP contribution in [-0.2, 0) is 16.0 Å². The molecule has 17 heavy (non-hydrogen) atoms. The summed E-state index contributed by atoms with van der Waals surface area (Å²) in [6.45, 7) is 0. The number of rotatable bonds is 4. The molecule has 2 nitrogen and oxygen atoms in total. The molecule has 94 valence electrons. The Morgan fingerprint density at radius 2 is 2.18 bits per heavy atom. The van der Waals surface area contributed by atoms with Crippen LogP contribution in [0.2, 0.25) is 0 Å². The van der Waals surface area contributed by atoms with Gasteiger partial charge in [-0.05, 0) is 40.2 Å². The van der Waals surface area contributed by atoms with Gasteiger partial charge in [-0.3, -0.25) is 4.79 Å². The third-order valence-corrected chi connectivity index (χ3v) is 5.50. The summed E-state index contributed by atoms with van der Waals surface area (Å²) >= 11 is 5.10. The Bertz CT molecular complexity index is 394. The van der Waals surface area contributed by atoms with Crippen molar-refractivity contribution in [2.45, 2.75) is 44.1 Å². The highest BCUT2D eigenvalue weighted by Gasteiger charge is 2.39. The van der Waals surface area contributed by atoms with Crippen molar-refractivity contribution < 1.29 is 9.53 Å². The van der Waals surface area contributed by atoms with E-state index in [2.05, 4.69) is 15.9 Å². The van der Waals surface area contributed by atoms with E-state index in [1.54, 1.807) is 18.4 Å². The summed E-state index contributed by atoms with van der Waals surface area (Å²) in [5.41, 5.74) is -0.512. The van der Waals surface area contributed by atoms with Crippen LogP contribution in [0.3, 0.4) is 0 Å². The van der Waals surface area contributed by atoms with Gasteiger partial charge in [-0.2, -0.15) is 0 Å². The topological polar surface area (TPSA) is 26.3 Å². The lowest BCUT2D eigenvalue weighted by Gasteiger charge is -2.34. The highest BCUT2D eigenvalue weighted by molar-refractivity contribution is 9.10. The quantitative estimate of drug-likeness (QED) is 0.840. The van der Waals surface area contributed by atoms with Crippen molar-refractivity contribution >= 4 is 33.0 Å². The Labute approximate surface area is 114 Å². The Hall–Kier alpha value is -0.190. The molecule has 0 saturated heterocycles. The van der Waals surface area contributed by atoms with Crippen molar-refractivity contribution in [2.24, 2.45) is 0 Å². The number of halogens is 1. The highest BCUT2D eigenvalue weighted by atomic mass is 79.9. The van der Waals surface area contributed by atoms with Gasteiger partial charge >= 0.3 is 0 Å². The average molecular weight is 317 g/mol. The zero-order valence-corrected chi connectivity index (χ0v) is 12.4. The first-order chi connectivity index (χ1) is 8.18. The predicted octanol–water partition coefficient (Wildman–Crippen LogP) is 3.97. The van der Waals surface area contributed by atoms with Crippen LogP contribution < -0.4 is 0 Å². The van der Waals surface area contributed by atoms with Gasteiger partial charge in [0.2, 0.25) is 0 Å². The summed E-state index contributed by atoms with van der Waals surface area (Å²) in [6, 6.07) is 1.99. The number of ether oxygens (including phenoxy) is 1. The number of carbonyl (C=O) groups is 1. The lowest BCUT2D eigenvalue weighted by Crippen LogP contribution is -2.43. The Balaban J connectivity index is 2.10. The smallest absolute Gasteiger partial charge is 0.169 e. The van der Waals surface area contributed by atoms with Crippen LogP contribution in [0, 0.1) is 0 Å². The van der Waals surface area contributed by atoms with Gasteiger partial charge in [0, 0.05) is 22.9 Å². The molecule has 0 atom stereocenters. The standard InChI is InChI=1S/C13H17BrO2S/c1-16-13(6-3-2-4-7-13)12(15)9-11-10(14)5-8-17-11/h5,8H,2-4,6-7,9H2,1H3. The maximum Gasteiger partial charge on any atom is 0.169 e. The van der Waals surface area contributed by atoms with E-state index >= 15 is 0 Å². The zero-order chi connectivity index (χ0) is 12.3. The van der Waals surface area contributed by atoms with Crippen LogP contribution in [-0.4, -0.2) is 18.5 Å². The molecule has 2 rings (SSSR count). The molecule has 0 aromatic carbocycles. The first-order valence-corrected chi connectivity index (χ1v) is 7.65. The molecule has 0 amide bonds. The molecule has 1 aliphatic rings. The van der Waals surface area contributed by atoms with E-state index in [9.17, 15) is 4.79 Å². The van der Waals surface area contributed by atoms with E-state index in [0.717, 1.165) is 35.0 Å². The zero-order valence-electron chi connectivity index (χ0n) is 10.0. The second-order valence-electron chi connectivity index (χ2n) is 4.55. The van der Waals surface area contributed by atoms with E-state index < -0.39 is 5.60 Å². The maximum absolute atomic E-state index is 12.4. The van der Waals surface area contributed by atoms with Crippen molar-refractivity contribution in [3.05, 3.63) is 20.8 Å². The maximum atomic E-state index is 12.4. The van der Waals surface area contributed by atoms with Crippen molar-refractivity contribution in [3.63, 3.8) is 0 Å². The Morgan fingerprint density at radius 3 is 2.71 bits per heavy atom. The van der Waals surface area contributed by atoms with Gasteiger partial charge in [-0.25, -0.2) is 0 Å². The van der Waals surface area contributed by atoms with Crippen LogP contribution >= 0.6 is 27.3 Å². The molecule has 4 heteroatoms. The summed E-state index contributed by atoms with van der Waals surface area (Å²) in [5.74, 6) is 0.239. The van der Waals surface area contributed by atoms with Crippen LogP contribution in [0.4, 0.5) is 0 Å². The fraction of sp³-hybridized carbons (Fsp3) is 0.615. The number of hydrogen-bond donors (Lipinski definition) is 0. The fourth-order valence-electron chi connectivity index (χ4n) is 2.48. The molecule has 1 aliphatic carbocycles. The number of hydrogen-bond acceptors (Lipinski definition) is 3. The van der Waals surface area contributed by atoms with Gasteiger partial charge in [-0.15, -0.1) is 11.3 Å². The summed E-state index contributed by atoms with van der Waals surface area (Å²) in [7, 11) is 1.67. The summed E-state index contributed by atoms with van der Waals surface area (Å²) in [6.07, 6.45) is 5.68. The lowest BCUT2D eigenvalue weighted by molar-refractivity contribution is -0.144. The van der Waals surface area contributed by atoms with Crippen LogP contribution in [0.15, 0.2) is 15.9 Å². The SMILES string of the molecule is COC1(C(=O)Cc2sccc2Br)CCCCC1. The van der Waals surface area contributed by atoms with Crippen molar-refractivity contribution in [1.82, 2.24) is 0 Å². The van der Waals surface area contributed by atoms with Crippen molar-refractivity contribution in [2.75, 3.05) is 7.11 Å². The minimum Gasteiger partial charge on any atom is -0.370 e. The van der Waals surface area contributed by atoms with E-state index in [1.807, 2.05) is 11.4 Å². The number of methoxy groups -OCH3 is 1. The molecule has 0 spiro atoms. The number of ketones is 1. The first kappa shape index (κ1) is 13.2. The summed E-state index contributed by atoms with van der Waals surface area (Å²) in [4.78, 5) is 13.5. The molecule has 1 aromatic rings. The largest absolute Gasteiger partial charge is 0.370 e. The third kappa shape index (κ3) is 2.80. The molecule has 0 aliphatic heterocycles.